The first-order valence-corrected chi connectivity index (χ1v) is 5.95. The van der Waals surface area contributed by atoms with Gasteiger partial charge in [-0.1, -0.05) is 0 Å². The molecule has 106 valence electrons. The summed E-state index contributed by atoms with van der Waals surface area (Å²) in [5, 5.41) is 12.7. The van der Waals surface area contributed by atoms with E-state index in [1.165, 1.54) is 21.8 Å². The van der Waals surface area contributed by atoms with E-state index in [9.17, 15) is 18.0 Å². The van der Waals surface area contributed by atoms with Gasteiger partial charge in [0.05, 0.1) is 6.54 Å². The van der Waals surface area contributed by atoms with Crippen LogP contribution in [-0.2, 0) is 6.54 Å². The molecule has 1 aliphatic rings. The number of alkyl halides is 3. The molecular weight excluding hydrogens is 263 g/mol. The lowest BCUT2D eigenvalue weighted by Crippen LogP contribution is -2.42. The van der Waals surface area contributed by atoms with Crippen LogP contribution in [0.15, 0.2) is 12.3 Å². The first kappa shape index (κ1) is 13.9. The Bertz CT molecular complexity index is 458. The van der Waals surface area contributed by atoms with Gasteiger partial charge in [0.2, 0.25) is 0 Å². The maximum Gasteiger partial charge on any atom is 0.404 e. The molecule has 1 N–H and O–H groups in total. The van der Waals surface area contributed by atoms with E-state index in [4.69, 9.17) is 5.11 Å². The highest BCUT2D eigenvalue weighted by atomic mass is 19.4. The number of halogens is 3. The minimum Gasteiger partial charge on any atom is -0.477 e. The molecule has 0 aromatic carbocycles. The molecule has 0 saturated carbocycles. The minimum absolute atomic E-state index is 0.0113. The number of likely N-dealkylation sites (tertiary alicyclic amines) is 1. The van der Waals surface area contributed by atoms with Crippen LogP contribution in [0.1, 0.15) is 23.3 Å². The Hall–Kier alpha value is -1.57. The standard InChI is InChI=1S/C11H14F3N3O2/c12-11(13,14)9-2-1-5-16(9)6-7-17-8(10(18)19)3-4-15-17/h3-4,9H,1-2,5-7H2,(H,18,19). The molecule has 8 heteroatoms. The summed E-state index contributed by atoms with van der Waals surface area (Å²) in [5.74, 6) is -1.13. The molecule has 1 atom stereocenters. The van der Waals surface area contributed by atoms with Crippen molar-refractivity contribution < 1.29 is 23.1 Å². The number of carbonyl (C=O) groups is 1. The Morgan fingerprint density at radius 3 is 2.84 bits per heavy atom. The van der Waals surface area contributed by atoms with Crippen LogP contribution in [0, 0.1) is 0 Å². The Balaban J connectivity index is 1.98. The Morgan fingerprint density at radius 2 is 2.21 bits per heavy atom. The normalized spacial score (nSPS) is 20.9. The van der Waals surface area contributed by atoms with Gasteiger partial charge < -0.3 is 5.11 Å². The Labute approximate surface area is 107 Å². The fraction of sp³-hybridized carbons (Fsp3) is 0.636. The molecule has 19 heavy (non-hydrogen) atoms. The van der Waals surface area contributed by atoms with Gasteiger partial charge in [0, 0.05) is 12.7 Å². The van der Waals surface area contributed by atoms with Crippen LogP contribution in [0.2, 0.25) is 0 Å². The van der Waals surface area contributed by atoms with E-state index in [1.807, 2.05) is 0 Å². The van der Waals surface area contributed by atoms with Crippen LogP contribution in [0.3, 0.4) is 0 Å². The molecule has 0 aliphatic carbocycles. The topological polar surface area (TPSA) is 58.4 Å². The van der Waals surface area contributed by atoms with E-state index in [0.717, 1.165) is 0 Å². The second kappa shape index (κ2) is 5.20. The largest absolute Gasteiger partial charge is 0.477 e. The first-order valence-electron chi connectivity index (χ1n) is 5.95. The van der Waals surface area contributed by atoms with Gasteiger partial charge in [-0.2, -0.15) is 18.3 Å². The van der Waals surface area contributed by atoms with Crippen molar-refractivity contribution in [2.24, 2.45) is 0 Å². The number of aromatic carboxylic acids is 1. The van der Waals surface area contributed by atoms with Gasteiger partial charge in [0.25, 0.3) is 0 Å². The molecule has 1 fully saturated rings. The molecule has 5 nitrogen and oxygen atoms in total. The summed E-state index contributed by atoms with van der Waals surface area (Å²) < 4.78 is 39.4. The summed E-state index contributed by atoms with van der Waals surface area (Å²) in [6, 6.07) is -0.0931. The zero-order valence-electron chi connectivity index (χ0n) is 10.1. The van der Waals surface area contributed by atoms with Crippen LogP contribution in [0.4, 0.5) is 13.2 Å². The highest BCUT2D eigenvalue weighted by Crippen LogP contribution is 2.32. The number of carboxylic acid groups (broad SMARTS) is 1. The molecule has 1 unspecified atom stereocenters. The quantitative estimate of drug-likeness (QED) is 0.908. The van der Waals surface area contributed by atoms with Crippen LogP contribution in [-0.4, -0.2) is 51.1 Å². The maximum atomic E-state index is 12.7. The van der Waals surface area contributed by atoms with Gasteiger partial charge in [-0.15, -0.1) is 0 Å². The lowest BCUT2D eigenvalue weighted by molar-refractivity contribution is -0.176. The van der Waals surface area contributed by atoms with Crippen molar-refractivity contribution in [3.8, 4) is 0 Å². The molecular formula is C11H14F3N3O2. The number of aromatic nitrogens is 2. The highest BCUT2D eigenvalue weighted by Gasteiger charge is 2.45. The van der Waals surface area contributed by atoms with Gasteiger partial charge in [0.1, 0.15) is 11.7 Å². The van der Waals surface area contributed by atoms with E-state index in [-0.39, 0.29) is 25.2 Å². The number of hydrogen-bond acceptors (Lipinski definition) is 3. The van der Waals surface area contributed by atoms with E-state index in [1.54, 1.807) is 0 Å². The summed E-state index contributed by atoms with van der Waals surface area (Å²) in [6.07, 6.45) is -2.28. The number of nitrogens with zero attached hydrogens (tertiary/aromatic N) is 3. The molecule has 1 aromatic heterocycles. The predicted octanol–water partition coefficient (Wildman–Crippen LogP) is 1.61. The van der Waals surface area contributed by atoms with Crippen LogP contribution in [0.25, 0.3) is 0 Å². The van der Waals surface area contributed by atoms with Crippen molar-refractivity contribution in [2.45, 2.75) is 31.6 Å². The molecule has 1 aromatic rings. The molecule has 2 heterocycles. The van der Waals surface area contributed by atoms with Crippen LogP contribution in [0.5, 0.6) is 0 Å². The summed E-state index contributed by atoms with van der Waals surface area (Å²) >= 11 is 0. The van der Waals surface area contributed by atoms with Crippen molar-refractivity contribution in [1.82, 2.24) is 14.7 Å². The molecule has 0 amide bonds. The zero-order chi connectivity index (χ0) is 14.0. The number of rotatable bonds is 4. The average molecular weight is 277 g/mol. The third kappa shape index (κ3) is 3.06. The van der Waals surface area contributed by atoms with Crippen molar-refractivity contribution in [2.75, 3.05) is 13.1 Å². The SMILES string of the molecule is O=C(O)c1ccnn1CCN1CCCC1C(F)(F)F. The number of hydrogen-bond donors (Lipinski definition) is 1. The van der Waals surface area contributed by atoms with Gasteiger partial charge in [-0.3, -0.25) is 9.58 Å². The smallest absolute Gasteiger partial charge is 0.404 e. The van der Waals surface area contributed by atoms with Crippen molar-refractivity contribution in [3.05, 3.63) is 18.0 Å². The van der Waals surface area contributed by atoms with E-state index in [2.05, 4.69) is 5.10 Å². The third-order valence-electron chi connectivity index (χ3n) is 3.28. The Kier molecular flexibility index (Phi) is 3.79. The molecule has 1 aliphatic heterocycles. The Morgan fingerprint density at radius 1 is 1.47 bits per heavy atom. The van der Waals surface area contributed by atoms with Crippen molar-refractivity contribution in [1.29, 1.82) is 0 Å². The summed E-state index contributed by atoms with van der Waals surface area (Å²) in [5.41, 5.74) is -0.0113. The van der Waals surface area contributed by atoms with Gasteiger partial charge in [-0.25, -0.2) is 4.79 Å². The van der Waals surface area contributed by atoms with Crippen molar-refractivity contribution >= 4 is 5.97 Å². The number of carboxylic acids is 1. The predicted molar refractivity (Wildman–Crippen MR) is 59.8 cm³/mol. The molecule has 0 spiro atoms. The van der Waals surface area contributed by atoms with Gasteiger partial charge in [-0.05, 0) is 25.5 Å². The molecule has 0 bridgehead atoms. The van der Waals surface area contributed by atoms with Gasteiger partial charge in [0.15, 0.2) is 0 Å². The summed E-state index contributed by atoms with van der Waals surface area (Å²) in [4.78, 5) is 12.2. The molecule has 2 rings (SSSR count). The van der Waals surface area contributed by atoms with Crippen LogP contribution < -0.4 is 0 Å². The minimum atomic E-state index is -4.23. The second-order valence-corrected chi connectivity index (χ2v) is 4.48. The lowest BCUT2D eigenvalue weighted by Gasteiger charge is -2.26. The van der Waals surface area contributed by atoms with Crippen LogP contribution >= 0.6 is 0 Å². The fourth-order valence-corrected chi connectivity index (χ4v) is 2.38. The van der Waals surface area contributed by atoms with E-state index < -0.39 is 18.2 Å². The lowest BCUT2D eigenvalue weighted by atomic mass is 10.2. The van der Waals surface area contributed by atoms with Gasteiger partial charge >= 0.3 is 12.1 Å². The zero-order valence-corrected chi connectivity index (χ0v) is 10.1. The second-order valence-electron chi connectivity index (χ2n) is 4.48. The first-order chi connectivity index (χ1) is 8.89. The molecule has 0 radical (unpaired) electrons. The summed E-state index contributed by atoms with van der Waals surface area (Å²) in [6.45, 7) is 0.668. The monoisotopic (exact) mass is 277 g/mol. The highest BCUT2D eigenvalue weighted by molar-refractivity contribution is 5.85. The third-order valence-corrected chi connectivity index (χ3v) is 3.28. The fourth-order valence-electron chi connectivity index (χ4n) is 2.38. The van der Waals surface area contributed by atoms with E-state index in [0.29, 0.717) is 13.0 Å². The van der Waals surface area contributed by atoms with Crippen molar-refractivity contribution in [3.63, 3.8) is 0 Å². The average Bonchev–Trinajstić information content (AvgIpc) is 2.94. The van der Waals surface area contributed by atoms with E-state index >= 15 is 0 Å². The summed E-state index contributed by atoms with van der Waals surface area (Å²) in [7, 11) is 0. The molecule has 1 saturated heterocycles. The maximum absolute atomic E-state index is 12.7.